The molecule has 1 aromatic carbocycles. The van der Waals surface area contributed by atoms with E-state index in [0.29, 0.717) is 49.8 Å². The third kappa shape index (κ3) is 4.62. The zero-order valence-corrected chi connectivity index (χ0v) is 16.5. The summed E-state index contributed by atoms with van der Waals surface area (Å²) in [6, 6.07) is 7.06. The number of methoxy groups -OCH3 is 2. The van der Waals surface area contributed by atoms with Crippen LogP contribution < -0.4 is 15.0 Å². The zero-order chi connectivity index (χ0) is 21.0. The molecule has 2 aromatic rings. The van der Waals surface area contributed by atoms with E-state index in [1.54, 1.807) is 38.6 Å². The number of pyridine rings is 1. The summed E-state index contributed by atoms with van der Waals surface area (Å²) in [5, 5.41) is 19.4. The molecule has 0 aliphatic carbocycles. The van der Waals surface area contributed by atoms with Gasteiger partial charge in [0, 0.05) is 56.1 Å². The first-order valence-electron chi connectivity index (χ1n) is 9.25. The topological polar surface area (TPSA) is 104 Å². The van der Waals surface area contributed by atoms with Crippen LogP contribution in [-0.2, 0) is 13.1 Å². The van der Waals surface area contributed by atoms with Gasteiger partial charge in [-0.3, -0.25) is 9.69 Å². The molecule has 9 heteroatoms. The Morgan fingerprint density at radius 2 is 1.76 bits per heavy atom. The first-order valence-corrected chi connectivity index (χ1v) is 9.25. The van der Waals surface area contributed by atoms with Gasteiger partial charge in [0.15, 0.2) is 5.75 Å². The van der Waals surface area contributed by atoms with Gasteiger partial charge in [-0.15, -0.1) is 0 Å². The van der Waals surface area contributed by atoms with Gasteiger partial charge in [0.2, 0.25) is 0 Å². The lowest BCUT2D eigenvalue weighted by Crippen LogP contribution is -2.47. The number of aromatic hydroxyl groups is 1. The number of piperazine rings is 1. The van der Waals surface area contributed by atoms with Crippen molar-refractivity contribution < 1.29 is 24.5 Å². The van der Waals surface area contributed by atoms with Crippen molar-refractivity contribution >= 4 is 6.09 Å². The fourth-order valence-electron chi connectivity index (χ4n) is 3.36. The second-order valence-corrected chi connectivity index (χ2v) is 6.85. The summed E-state index contributed by atoms with van der Waals surface area (Å²) in [5.74, 6) is 0.955. The highest BCUT2D eigenvalue weighted by atomic mass is 16.5. The van der Waals surface area contributed by atoms with E-state index in [4.69, 9.17) is 14.6 Å². The summed E-state index contributed by atoms with van der Waals surface area (Å²) in [7, 11) is 3.11. The number of ether oxygens (including phenoxy) is 2. The van der Waals surface area contributed by atoms with Crippen molar-refractivity contribution in [3.8, 4) is 17.2 Å². The van der Waals surface area contributed by atoms with Crippen LogP contribution in [0.3, 0.4) is 0 Å². The monoisotopic (exact) mass is 403 g/mol. The Hall–Kier alpha value is -3.20. The van der Waals surface area contributed by atoms with Crippen molar-refractivity contribution in [2.24, 2.45) is 0 Å². The van der Waals surface area contributed by atoms with Crippen LogP contribution in [0.25, 0.3) is 0 Å². The van der Waals surface area contributed by atoms with Gasteiger partial charge in [-0.1, -0.05) is 0 Å². The van der Waals surface area contributed by atoms with E-state index in [1.807, 2.05) is 11.0 Å². The molecule has 2 N–H and O–H groups in total. The van der Waals surface area contributed by atoms with Crippen molar-refractivity contribution in [2.75, 3.05) is 40.4 Å². The van der Waals surface area contributed by atoms with Crippen LogP contribution in [0.5, 0.6) is 17.2 Å². The second-order valence-electron chi connectivity index (χ2n) is 6.85. The van der Waals surface area contributed by atoms with Gasteiger partial charge in [0.25, 0.3) is 5.56 Å². The van der Waals surface area contributed by atoms with Crippen molar-refractivity contribution in [3.63, 3.8) is 0 Å². The number of rotatable bonds is 6. The average Bonchev–Trinajstić information content (AvgIpc) is 2.74. The Balaban J connectivity index is 1.73. The third-order valence-corrected chi connectivity index (χ3v) is 5.09. The van der Waals surface area contributed by atoms with E-state index < -0.39 is 11.7 Å². The maximum Gasteiger partial charge on any atom is 0.407 e. The SMILES string of the molecule is COc1ccc(Cn2ccc(CN3CCN(C(=O)O)CC3)c(O)c2=O)c(OC)c1. The van der Waals surface area contributed by atoms with Gasteiger partial charge in [0.1, 0.15) is 11.5 Å². The van der Waals surface area contributed by atoms with Crippen LogP contribution in [0.4, 0.5) is 4.79 Å². The second kappa shape index (κ2) is 8.87. The molecule has 0 saturated carbocycles. The number of carbonyl (C=O) groups is 1. The van der Waals surface area contributed by atoms with Gasteiger partial charge >= 0.3 is 6.09 Å². The van der Waals surface area contributed by atoms with Crippen LogP contribution in [0.1, 0.15) is 11.1 Å². The summed E-state index contributed by atoms with van der Waals surface area (Å²) in [4.78, 5) is 27.0. The third-order valence-electron chi connectivity index (χ3n) is 5.09. The molecule has 1 saturated heterocycles. The highest BCUT2D eigenvalue weighted by Gasteiger charge is 2.21. The fraction of sp³-hybridized carbons (Fsp3) is 0.400. The summed E-state index contributed by atoms with van der Waals surface area (Å²) in [6.07, 6.45) is 0.721. The fourth-order valence-corrected chi connectivity index (χ4v) is 3.36. The standard InChI is InChI=1S/C20H25N3O6/c1-28-16-4-3-14(17(11-16)29-2)13-23-6-5-15(18(24)19(23)25)12-21-7-9-22(10-8-21)20(26)27/h3-6,11,24H,7-10,12-13H2,1-2H3,(H,26,27). The number of hydrogen-bond acceptors (Lipinski definition) is 6. The molecule has 1 fully saturated rings. The van der Waals surface area contributed by atoms with Gasteiger partial charge in [-0.25, -0.2) is 4.79 Å². The Morgan fingerprint density at radius 3 is 2.38 bits per heavy atom. The van der Waals surface area contributed by atoms with Crippen molar-refractivity contribution in [1.29, 1.82) is 0 Å². The van der Waals surface area contributed by atoms with Gasteiger partial charge in [-0.05, 0) is 18.2 Å². The number of benzene rings is 1. The Labute approximate surface area is 168 Å². The number of nitrogens with zero attached hydrogens (tertiary/aromatic N) is 3. The molecule has 156 valence electrons. The summed E-state index contributed by atoms with van der Waals surface area (Å²) in [6.45, 7) is 2.56. The van der Waals surface area contributed by atoms with Crippen molar-refractivity contribution in [3.05, 3.63) is 51.9 Å². The highest BCUT2D eigenvalue weighted by molar-refractivity contribution is 5.65. The van der Waals surface area contributed by atoms with Crippen molar-refractivity contribution in [2.45, 2.75) is 13.1 Å². The van der Waals surface area contributed by atoms with E-state index in [1.165, 1.54) is 9.47 Å². The number of amides is 1. The van der Waals surface area contributed by atoms with Crippen molar-refractivity contribution in [1.82, 2.24) is 14.4 Å². The maximum atomic E-state index is 12.6. The molecular weight excluding hydrogens is 378 g/mol. The minimum atomic E-state index is -0.927. The van der Waals surface area contributed by atoms with Crippen LogP contribution in [-0.4, -0.2) is 71.1 Å². The minimum absolute atomic E-state index is 0.247. The lowest BCUT2D eigenvalue weighted by Gasteiger charge is -2.33. The summed E-state index contributed by atoms with van der Waals surface area (Å²) >= 11 is 0. The molecule has 1 amide bonds. The van der Waals surface area contributed by atoms with Crippen LogP contribution >= 0.6 is 0 Å². The molecule has 0 atom stereocenters. The van der Waals surface area contributed by atoms with Gasteiger partial charge in [-0.2, -0.15) is 0 Å². The molecule has 1 aliphatic rings. The Morgan fingerprint density at radius 1 is 1.03 bits per heavy atom. The quantitative estimate of drug-likeness (QED) is 0.752. The molecule has 0 bridgehead atoms. The number of hydrogen-bond donors (Lipinski definition) is 2. The lowest BCUT2D eigenvalue weighted by molar-refractivity contribution is 0.102. The van der Waals surface area contributed by atoms with E-state index in [-0.39, 0.29) is 12.3 Å². The zero-order valence-electron chi connectivity index (χ0n) is 16.5. The molecular formula is C20H25N3O6. The van der Waals surface area contributed by atoms with E-state index in [2.05, 4.69) is 0 Å². The Bertz CT molecular complexity index is 934. The number of aromatic nitrogens is 1. The molecule has 1 aromatic heterocycles. The summed E-state index contributed by atoms with van der Waals surface area (Å²) < 4.78 is 12.0. The summed E-state index contributed by atoms with van der Waals surface area (Å²) in [5.41, 5.74) is 0.827. The first kappa shape index (κ1) is 20.5. The lowest BCUT2D eigenvalue weighted by atomic mass is 10.1. The predicted molar refractivity (Wildman–Crippen MR) is 106 cm³/mol. The molecule has 29 heavy (non-hydrogen) atoms. The number of carboxylic acid groups (broad SMARTS) is 1. The molecule has 0 spiro atoms. The van der Waals surface area contributed by atoms with E-state index in [0.717, 1.165) is 5.56 Å². The van der Waals surface area contributed by atoms with E-state index >= 15 is 0 Å². The van der Waals surface area contributed by atoms with Crippen LogP contribution in [0.15, 0.2) is 35.3 Å². The van der Waals surface area contributed by atoms with E-state index in [9.17, 15) is 14.7 Å². The molecule has 0 unspecified atom stereocenters. The molecule has 2 heterocycles. The van der Waals surface area contributed by atoms with Crippen LogP contribution in [0, 0.1) is 0 Å². The molecule has 3 rings (SSSR count). The molecule has 1 aliphatic heterocycles. The average molecular weight is 403 g/mol. The minimum Gasteiger partial charge on any atom is -0.503 e. The normalized spacial score (nSPS) is 14.6. The molecule has 0 radical (unpaired) electrons. The molecule has 9 nitrogen and oxygen atoms in total. The highest BCUT2D eigenvalue weighted by Crippen LogP contribution is 2.25. The largest absolute Gasteiger partial charge is 0.503 e. The van der Waals surface area contributed by atoms with Gasteiger partial charge < -0.3 is 29.2 Å². The predicted octanol–water partition coefficient (Wildman–Crippen LogP) is 1.42. The maximum absolute atomic E-state index is 12.6. The van der Waals surface area contributed by atoms with Crippen LogP contribution in [0.2, 0.25) is 0 Å². The smallest absolute Gasteiger partial charge is 0.407 e. The van der Waals surface area contributed by atoms with Gasteiger partial charge in [0.05, 0.1) is 20.8 Å². The Kier molecular flexibility index (Phi) is 6.28. The first-order chi connectivity index (χ1) is 13.9.